The molecule has 0 aromatic carbocycles. The van der Waals surface area contributed by atoms with Gasteiger partial charge in [0.15, 0.2) is 4.34 Å². The van der Waals surface area contributed by atoms with E-state index in [-0.39, 0.29) is 12.1 Å². The number of nitrogens with zero attached hydrogens (tertiary/aromatic N) is 2. The summed E-state index contributed by atoms with van der Waals surface area (Å²) in [5.41, 5.74) is 5.67. The first kappa shape index (κ1) is 12.3. The Morgan fingerprint density at radius 3 is 3.06 bits per heavy atom. The van der Waals surface area contributed by atoms with Crippen LogP contribution in [0, 0.1) is 0 Å². The Morgan fingerprint density at radius 2 is 2.50 bits per heavy atom. The molecule has 0 aliphatic heterocycles. The van der Waals surface area contributed by atoms with Crippen molar-refractivity contribution in [1.82, 2.24) is 9.36 Å². The Hall–Kier alpha value is -0.170. The highest BCUT2D eigenvalue weighted by Gasteiger charge is 2.36. The van der Waals surface area contributed by atoms with Crippen molar-refractivity contribution >= 4 is 23.3 Å². The molecule has 1 aliphatic carbocycles. The second-order valence-electron chi connectivity index (χ2n) is 4.33. The third-order valence-electron chi connectivity index (χ3n) is 2.95. The van der Waals surface area contributed by atoms with E-state index in [1.165, 1.54) is 11.5 Å². The topological polar surface area (TPSA) is 72.0 Å². The van der Waals surface area contributed by atoms with Crippen LogP contribution in [0.25, 0.3) is 0 Å². The van der Waals surface area contributed by atoms with Gasteiger partial charge >= 0.3 is 0 Å². The molecule has 2 atom stereocenters. The van der Waals surface area contributed by atoms with E-state index in [9.17, 15) is 5.11 Å². The molecule has 1 aliphatic rings. The predicted octanol–water partition coefficient (Wildman–Crippen LogP) is 1.43. The standard InChI is InChI=1S/C10H17N3OS2/c1-2-8-12-9(16-13-8)15-7-3-4-10(11,5-7)6-14/h7,14H,2-6,11H2,1H3. The quantitative estimate of drug-likeness (QED) is 0.856. The van der Waals surface area contributed by atoms with Crippen molar-refractivity contribution in [2.24, 2.45) is 5.73 Å². The van der Waals surface area contributed by atoms with E-state index < -0.39 is 0 Å². The van der Waals surface area contributed by atoms with E-state index in [2.05, 4.69) is 16.3 Å². The van der Waals surface area contributed by atoms with Crippen LogP contribution in [0.1, 0.15) is 32.0 Å². The monoisotopic (exact) mass is 259 g/mol. The van der Waals surface area contributed by atoms with Gasteiger partial charge in [-0.25, -0.2) is 4.98 Å². The van der Waals surface area contributed by atoms with Gasteiger partial charge < -0.3 is 10.8 Å². The highest BCUT2D eigenvalue weighted by Crippen LogP contribution is 2.39. The average Bonchev–Trinajstić information content (AvgIpc) is 2.87. The van der Waals surface area contributed by atoms with Gasteiger partial charge in [0, 0.05) is 17.2 Å². The van der Waals surface area contributed by atoms with Crippen LogP contribution in [-0.2, 0) is 6.42 Å². The normalized spacial score (nSPS) is 29.8. The van der Waals surface area contributed by atoms with Crippen LogP contribution >= 0.6 is 23.3 Å². The van der Waals surface area contributed by atoms with Crippen LogP contribution in [-0.4, -0.2) is 31.9 Å². The number of thioether (sulfide) groups is 1. The van der Waals surface area contributed by atoms with Crippen LogP contribution in [0.4, 0.5) is 0 Å². The fourth-order valence-electron chi connectivity index (χ4n) is 1.92. The minimum absolute atomic E-state index is 0.0837. The Morgan fingerprint density at radius 1 is 1.69 bits per heavy atom. The smallest absolute Gasteiger partial charge is 0.170 e. The molecule has 1 fully saturated rings. The lowest BCUT2D eigenvalue weighted by molar-refractivity contribution is 0.200. The van der Waals surface area contributed by atoms with Crippen LogP contribution < -0.4 is 5.73 Å². The Bertz CT molecular complexity index is 358. The number of hydrogen-bond donors (Lipinski definition) is 2. The molecule has 0 bridgehead atoms. The maximum Gasteiger partial charge on any atom is 0.170 e. The highest BCUT2D eigenvalue weighted by atomic mass is 32.2. The van der Waals surface area contributed by atoms with Gasteiger partial charge in [-0.15, -0.1) is 0 Å². The van der Waals surface area contributed by atoms with E-state index in [4.69, 9.17) is 5.73 Å². The van der Waals surface area contributed by atoms with Gasteiger partial charge in [0.2, 0.25) is 0 Å². The summed E-state index contributed by atoms with van der Waals surface area (Å²) in [5.74, 6) is 0.923. The minimum Gasteiger partial charge on any atom is -0.394 e. The SMILES string of the molecule is CCc1nsc(SC2CCC(N)(CO)C2)n1. The molecule has 3 N–H and O–H groups in total. The number of aliphatic hydroxyl groups excluding tert-OH is 1. The zero-order valence-electron chi connectivity index (χ0n) is 9.35. The molecule has 0 amide bonds. The summed E-state index contributed by atoms with van der Waals surface area (Å²) in [7, 11) is 0. The molecular formula is C10H17N3OS2. The zero-order chi connectivity index (χ0) is 11.6. The first-order valence-electron chi connectivity index (χ1n) is 5.54. The average molecular weight is 259 g/mol. The molecule has 90 valence electrons. The number of aliphatic hydroxyl groups is 1. The van der Waals surface area contributed by atoms with E-state index in [1.807, 2.05) is 0 Å². The molecule has 0 spiro atoms. The van der Waals surface area contributed by atoms with Gasteiger partial charge in [0.1, 0.15) is 5.82 Å². The number of hydrogen-bond acceptors (Lipinski definition) is 6. The predicted molar refractivity (Wildman–Crippen MR) is 66.8 cm³/mol. The number of rotatable bonds is 4. The van der Waals surface area contributed by atoms with Crippen molar-refractivity contribution in [2.75, 3.05) is 6.61 Å². The van der Waals surface area contributed by atoms with Crippen LogP contribution in [0.3, 0.4) is 0 Å². The van der Waals surface area contributed by atoms with E-state index in [0.717, 1.165) is 35.8 Å². The lowest BCUT2D eigenvalue weighted by Crippen LogP contribution is -2.40. The number of aromatic nitrogens is 2. The lowest BCUT2D eigenvalue weighted by atomic mass is 10.0. The Balaban J connectivity index is 1.91. The summed E-state index contributed by atoms with van der Waals surface area (Å²) in [4.78, 5) is 4.43. The van der Waals surface area contributed by atoms with Gasteiger partial charge in [-0.2, -0.15) is 4.37 Å². The van der Waals surface area contributed by atoms with E-state index >= 15 is 0 Å². The Kier molecular flexibility index (Phi) is 3.84. The molecule has 16 heavy (non-hydrogen) atoms. The molecule has 2 rings (SSSR count). The molecule has 2 unspecified atom stereocenters. The third kappa shape index (κ3) is 2.74. The summed E-state index contributed by atoms with van der Waals surface area (Å²) in [6.07, 6.45) is 3.72. The van der Waals surface area contributed by atoms with Gasteiger partial charge in [-0.3, -0.25) is 0 Å². The molecular weight excluding hydrogens is 242 g/mol. The molecule has 1 aromatic rings. The van der Waals surface area contributed by atoms with Gasteiger partial charge in [0.05, 0.1) is 6.61 Å². The highest BCUT2D eigenvalue weighted by molar-refractivity contribution is 8.01. The summed E-state index contributed by atoms with van der Waals surface area (Å²) >= 11 is 3.23. The van der Waals surface area contributed by atoms with Gasteiger partial charge in [0.25, 0.3) is 0 Å². The second kappa shape index (κ2) is 5.00. The molecule has 0 saturated heterocycles. The molecule has 1 saturated carbocycles. The van der Waals surface area contributed by atoms with Gasteiger partial charge in [-0.05, 0) is 30.8 Å². The van der Waals surface area contributed by atoms with Crippen LogP contribution in [0.15, 0.2) is 4.34 Å². The van der Waals surface area contributed by atoms with Gasteiger partial charge in [-0.1, -0.05) is 18.7 Å². The number of nitrogens with two attached hydrogens (primary N) is 1. The molecule has 4 nitrogen and oxygen atoms in total. The van der Waals surface area contributed by atoms with Crippen molar-refractivity contribution in [3.8, 4) is 0 Å². The maximum absolute atomic E-state index is 9.19. The van der Waals surface area contributed by atoms with Crippen molar-refractivity contribution in [1.29, 1.82) is 0 Å². The molecule has 1 heterocycles. The second-order valence-corrected chi connectivity index (χ2v) is 6.63. The van der Waals surface area contributed by atoms with Crippen LogP contribution in [0.5, 0.6) is 0 Å². The minimum atomic E-state index is -0.365. The fraction of sp³-hybridized carbons (Fsp3) is 0.800. The summed E-state index contributed by atoms with van der Waals surface area (Å²) < 4.78 is 5.29. The van der Waals surface area contributed by atoms with E-state index in [0.29, 0.717) is 5.25 Å². The summed E-state index contributed by atoms with van der Waals surface area (Å²) in [6.45, 7) is 2.14. The van der Waals surface area contributed by atoms with Crippen molar-refractivity contribution in [3.63, 3.8) is 0 Å². The lowest BCUT2D eigenvalue weighted by Gasteiger charge is -2.20. The van der Waals surface area contributed by atoms with Crippen molar-refractivity contribution in [2.45, 2.75) is 47.7 Å². The largest absolute Gasteiger partial charge is 0.394 e. The maximum atomic E-state index is 9.19. The Labute approximate surface area is 104 Å². The zero-order valence-corrected chi connectivity index (χ0v) is 11.0. The summed E-state index contributed by atoms with van der Waals surface area (Å²) in [6, 6.07) is 0. The number of aryl methyl sites for hydroxylation is 1. The molecule has 1 aromatic heterocycles. The van der Waals surface area contributed by atoms with Crippen LogP contribution in [0.2, 0.25) is 0 Å². The fourth-order valence-corrected chi connectivity index (χ4v) is 4.21. The molecule has 0 radical (unpaired) electrons. The van der Waals surface area contributed by atoms with E-state index in [1.54, 1.807) is 11.8 Å². The first-order chi connectivity index (χ1) is 7.65. The third-order valence-corrected chi connectivity index (χ3v) is 5.04. The van der Waals surface area contributed by atoms with Crippen molar-refractivity contribution in [3.05, 3.63) is 5.82 Å². The van der Waals surface area contributed by atoms with Crippen molar-refractivity contribution < 1.29 is 5.11 Å². The summed E-state index contributed by atoms with van der Waals surface area (Å²) in [5, 5.41) is 9.67. The molecule has 6 heteroatoms. The first-order valence-corrected chi connectivity index (χ1v) is 7.19.